The van der Waals surface area contributed by atoms with Crippen molar-refractivity contribution in [2.45, 2.75) is 25.9 Å². The second-order valence-corrected chi connectivity index (χ2v) is 4.47. The van der Waals surface area contributed by atoms with E-state index >= 15 is 0 Å². The molecular formula is C14H19NO4. The summed E-state index contributed by atoms with van der Waals surface area (Å²) in [5.41, 5.74) is 0.667. The molecule has 1 aromatic rings. The molecule has 0 radical (unpaired) electrons. The number of carbonyl (C=O) groups is 2. The van der Waals surface area contributed by atoms with Crippen LogP contribution in [0.5, 0.6) is 0 Å². The molecule has 19 heavy (non-hydrogen) atoms. The molecule has 0 aliphatic carbocycles. The second-order valence-electron chi connectivity index (χ2n) is 4.47. The van der Waals surface area contributed by atoms with E-state index in [1.807, 2.05) is 19.9 Å². The molecular weight excluding hydrogens is 246 g/mol. The first kappa shape index (κ1) is 15.2. The molecule has 5 nitrogen and oxygen atoms in total. The highest BCUT2D eigenvalue weighted by atomic mass is 16.5. The first-order valence-corrected chi connectivity index (χ1v) is 6.16. The Kier molecular flexibility index (Phi) is 6.02. The lowest BCUT2D eigenvalue weighted by Gasteiger charge is -2.14. The van der Waals surface area contributed by atoms with Gasteiger partial charge >= 0.3 is 5.97 Å². The Bertz CT molecular complexity index is 417. The van der Waals surface area contributed by atoms with Gasteiger partial charge in [0.05, 0.1) is 12.0 Å². The molecule has 1 atom stereocenters. The average molecular weight is 265 g/mol. The number of carbonyl (C=O) groups excluding carboxylic acids is 1. The first-order valence-electron chi connectivity index (χ1n) is 6.16. The van der Waals surface area contributed by atoms with Gasteiger partial charge in [0.1, 0.15) is 6.61 Å². The molecule has 2 N–H and O–H groups in total. The molecule has 0 saturated carbocycles. The molecule has 1 unspecified atom stereocenters. The number of nitrogens with one attached hydrogen (secondary N) is 1. The molecule has 104 valence electrons. The lowest BCUT2D eigenvalue weighted by atomic mass is 9.99. The lowest BCUT2D eigenvalue weighted by molar-refractivity contribution is -0.138. The van der Waals surface area contributed by atoms with Gasteiger partial charge in [0.2, 0.25) is 5.91 Å². The molecule has 0 saturated heterocycles. The summed E-state index contributed by atoms with van der Waals surface area (Å²) in [6.45, 7) is 3.66. The van der Waals surface area contributed by atoms with Gasteiger partial charge in [-0.2, -0.15) is 0 Å². The highest BCUT2D eigenvalue weighted by Gasteiger charge is 2.20. The Labute approximate surface area is 112 Å². The second kappa shape index (κ2) is 7.53. The van der Waals surface area contributed by atoms with Crippen molar-refractivity contribution in [2.24, 2.45) is 0 Å². The Balaban J connectivity index is 2.52. The molecule has 5 heteroatoms. The molecule has 1 aromatic carbocycles. The van der Waals surface area contributed by atoms with E-state index < -0.39 is 11.9 Å². The molecule has 0 aromatic heterocycles. The summed E-state index contributed by atoms with van der Waals surface area (Å²) in [4.78, 5) is 22.7. The van der Waals surface area contributed by atoms with Crippen LogP contribution in [0, 0.1) is 0 Å². The maximum absolute atomic E-state index is 11.5. The molecule has 0 fully saturated rings. The van der Waals surface area contributed by atoms with Gasteiger partial charge in [-0.05, 0) is 19.4 Å². The molecule has 1 amide bonds. The van der Waals surface area contributed by atoms with Gasteiger partial charge < -0.3 is 15.2 Å². The molecule has 0 aliphatic heterocycles. The number of benzene rings is 1. The number of rotatable bonds is 7. The summed E-state index contributed by atoms with van der Waals surface area (Å²) in [5.74, 6) is -2.02. The lowest BCUT2D eigenvalue weighted by Crippen LogP contribution is -2.34. The molecule has 1 rings (SSSR count). The van der Waals surface area contributed by atoms with Gasteiger partial charge in [0.15, 0.2) is 0 Å². The third kappa shape index (κ3) is 5.52. The minimum atomic E-state index is -0.962. The largest absolute Gasteiger partial charge is 0.481 e. The van der Waals surface area contributed by atoms with Crippen LogP contribution in [-0.2, 0) is 14.3 Å². The van der Waals surface area contributed by atoms with Crippen molar-refractivity contribution in [1.29, 1.82) is 0 Å². The highest BCUT2D eigenvalue weighted by molar-refractivity contribution is 5.80. The number of hydrogen-bond donors (Lipinski definition) is 2. The molecule has 0 spiro atoms. The fourth-order valence-electron chi connectivity index (χ4n) is 1.54. The van der Waals surface area contributed by atoms with Gasteiger partial charge in [0, 0.05) is 6.54 Å². The fraction of sp³-hybridized carbons (Fsp3) is 0.429. The quantitative estimate of drug-likeness (QED) is 0.781. The van der Waals surface area contributed by atoms with Crippen molar-refractivity contribution in [3.8, 4) is 0 Å². The molecule has 0 bridgehead atoms. The standard InChI is InChI=1S/C14H19NO4/c1-10(2)19-9-13(16)15-8-12(14(17)18)11-6-4-3-5-7-11/h3-7,10,12H,8-9H2,1-2H3,(H,15,16)(H,17,18). The summed E-state index contributed by atoms with van der Waals surface area (Å²) in [7, 11) is 0. The van der Waals surface area contributed by atoms with Crippen LogP contribution in [0.3, 0.4) is 0 Å². The predicted octanol–water partition coefficient (Wildman–Crippen LogP) is 1.40. The van der Waals surface area contributed by atoms with Crippen molar-refractivity contribution in [3.63, 3.8) is 0 Å². The smallest absolute Gasteiger partial charge is 0.312 e. The topological polar surface area (TPSA) is 75.6 Å². The Morgan fingerprint density at radius 2 is 1.89 bits per heavy atom. The Morgan fingerprint density at radius 3 is 2.42 bits per heavy atom. The van der Waals surface area contributed by atoms with Crippen LogP contribution in [0.25, 0.3) is 0 Å². The highest BCUT2D eigenvalue weighted by Crippen LogP contribution is 2.14. The van der Waals surface area contributed by atoms with E-state index in [2.05, 4.69) is 5.32 Å². The number of ether oxygens (including phenoxy) is 1. The van der Waals surface area contributed by atoms with Crippen molar-refractivity contribution in [2.75, 3.05) is 13.2 Å². The van der Waals surface area contributed by atoms with E-state index in [0.717, 1.165) is 0 Å². The van der Waals surface area contributed by atoms with E-state index in [0.29, 0.717) is 5.56 Å². The number of carboxylic acid groups (broad SMARTS) is 1. The van der Waals surface area contributed by atoms with Gasteiger partial charge in [-0.3, -0.25) is 9.59 Å². The summed E-state index contributed by atoms with van der Waals surface area (Å²) in [6, 6.07) is 8.83. The zero-order valence-corrected chi connectivity index (χ0v) is 11.1. The van der Waals surface area contributed by atoms with Crippen molar-refractivity contribution in [1.82, 2.24) is 5.32 Å². The molecule has 0 heterocycles. The fourth-order valence-corrected chi connectivity index (χ4v) is 1.54. The number of amides is 1. The predicted molar refractivity (Wildman–Crippen MR) is 70.9 cm³/mol. The van der Waals surface area contributed by atoms with Crippen molar-refractivity contribution < 1.29 is 19.4 Å². The number of aliphatic carboxylic acids is 1. The number of carboxylic acids is 1. The van der Waals surface area contributed by atoms with Crippen LogP contribution in [0.4, 0.5) is 0 Å². The van der Waals surface area contributed by atoms with E-state index in [9.17, 15) is 14.7 Å². The Hall–Kier alpha value is -1.88. The van der Waals surface area contributed by atoms with Crippen molar-refractivity contribution in [3.05, 3.63) is 35.9 Å². The van der Waals surface area contributed by atoms with Crippen molar-refractivity contribution >= 4 is 11.9 Å². The Morgan fingerprint density at radius 1 is 1.26 bits per heavy atom. The zero-order chi connectivity index (χ0) is 14.3. The summed E-state index contributed by atoms with van der Waals surface area (Å²) < 4.78 is 5.14. The first-order chi connectivity index (χ1) is 9.00. The third-order valence-corrected chi connectivity index (χ3v) is 2.55. The van der Waals surface area contributed by atoms with Crippen LogP contribution >= 0.6 is 0 Å². The van der Waals surface area contributed by atoms with Crippen LogP contribution in [-0.4, -0.2) is 36.2 Å². The van der Waals surface area contributed by atoms with Gasteiger partial charge in [-0.25, -0.2) is 0 Å². The van der Waals surface area contributed by atoms with Crippen LogP contribution < -0.4 is 5.32 Å². The van der Waals surface area contributed by atoms with Gasteiger partial charge in [-0.15, -0.1) is 0 Å². The monoisotopic (exact) mass is 265 g/mol. The van der Waals surface area contributed by atoms with Crippen LogP contribution in [0.1, 0.15) is 25.3 Å². The van der Waals surface area contributed by atoms with E-state index in [1.165, 1.54) is 0 Å². The minimum Gasteiger partial charge on any atom is -0.481 e. The molecule has 0 aliphatic rings. The average Bonchev–Trinajstić information content (AvgIpc) is 2.37. The van der Waals surface area contributed by atoms with Crippen LogP contribution in [0.15, 0.2) is 30.3 Å². The van der Waals surface area contributed by atoms with Crippen LogP contribution in [0.2, 0.25) is 0 Å². The van der Waals surface area contributed by atoms with E-state index in [-0.39, 0.29) is 25.2 Å². The van der Waals surface area contributed by atoms with Gasteiger partial charge in [-0.1, -0.05) is 30.3 Å². The van der Waals surface area contributed by atoms with E-state index in [1.54, 1.807) is 24.3 Å². The SMILES string of the molecule is CC(C)OCC(=O)NCC(C(=O)O)c1ccccc1. The number of hydrogen-bond acceptors (Lipinski definition) is 3. The van der Waals surface area contributed by atoms with E-state index in [4.69, 9.17) is 4.74 Å². The third-order valence-electron chi connectivity index (χ3n) is 2.55. The maximum Gasteiger partial charge on any atom is 0.312 e. The summed E-state index contributed by atoms with van der Waals surface area (Å²) >= 11 is 0. The normalized spacial score (nSPS) is 12.2. The van der Waals surface area contributed by atoms with Gasteiger partial charge in [0.25, 0.3) is 0 Å². The summed E-state index contributed by atoms with van der Waals surface area (Å²) in [5, 5.41) is 11.7. The minimum absolute atomic E-state index is 0.0323. The summed E-state index contributed by atoms with van der Waals surface area (Å²) in [6.07, 6.45) is -0.0323. The maximum atomic E-state index is 11.5. The zero-order valence-electron chi connectivity index (χ0n) is 11.1.